The largest absolute Gasteiger partial charge is 0.481 e. The summed E-state index contributed by atoms with van der Waals surface area (Å²) >= 11 is 12.2. The van der Waals surface area contributed by atoms with Gasteiger partial charge in [-0.25, -0.2) is 45.6 Å². The van der Waals surface area contributed by atoms with Gasteiger partial charge in [0.05, 0.1) is 53.8 Å². The van der Waals surface area contributed by atoms with Crippen LogP contribution >= 0.6 is 23.2 Å². The number of halogens is 5. The van der Waals surface area contributed by atoms with E-state index >= 15 is 0 Å². The van der Waals surface area contributed by atoms with Crippen LogP contribution in [0.25, 0.3) is 5.69 Å². The first kappa shape index (κ1) is 62.7. The second-order valence-electron chi connectivity index (χ2n) is 16.1. The zero-order valence-corrected chi connectivity index (χ0v) is 46.0. The van der Waals surface area contributed by atoms with Crippen molar-refractivity contribution in [3.8, 4) is 41.6 Å². The van der Waals surface area contributed by atoms with Gasteiger partial charge in [0.2, 0.25) is 29.5 Å². The Hall–Kier alpha value is -7.86. The van der Waals surface area contributed by atoms with Crippen LogP contribution in [0.4, 0.5) is 34.7 Å². The molecule has 0 radical (unpaired) electrons. The third kappa shape index (κ3) is 17.9. The number of hydrogen-bond acceptors (Lipinski definition) is 21. The van der Waals surface area contributed by atoms with Crippen LogP contribution in [0.15, 0.2) is 84.8 Å². The average molecular weight is 1190 g/mol. The van der Waals surface area contributed by atoms with E-state index in [-0.39, 0.29) is 63.5 Å². The molecular formula is C44H47Cl2F3N12O14S3. The lowest BCUT2D eigenvalue weighted by atomic mass is 9.97. The summed E-state index contributed by atoms with van der Waals surface area (Å²) in [6, 6.07) is 9.24. The number of aryl methyl sites for hydroxylation is 2. The number of pyridine rings is 1. The lowest BCUT2D eigenvalue weighted by Gasteiger charge is -2.13. The highest BCUT2D eigenvalue weighted by atomic mass is 35.5. The summed E-state index contributed by atoms with van der Waals surface area (Å²) in [5.74, 6) is 1.74. The normalized spacial score (nSPS) is 11.5. The molecule has 6 aromatic rings. The number of aromatic nitrogens is 8. The number of sulfonamides is 2. The van der Waals surface area contributed by atoms with Crippen LogP contribution in [0.1, 0.15) is 51.4 Å². The van der Waals surface area contributed by atoms with Crippen LogP contribution < -0.4 is 44.8 Å². The van der Waals surface area contributed by atoms with Gasteiger partial charge < -0.3 is 23.4 Å². The summed E-state index contributed by atoms with van der Waals surface area (Å²) in [7, 11) is -8.99. The monoisotopic (exact) mass is 1190 g/mol. The number of methoxy groups -OCH3 is 3. The van der Waals surface area contributed by atoms with Crippen molar-refractivity contribution in [3.63, 3.8) is 0 Å². The predicted molar refractivity (Wildman–Crippen MR) is 273 cm³/mol. The van der Waals surface area contributed by atoms with Crippen molar-refractivity contribution in [1.29, 1.82) is 0 Å². The molecule has 0 fully saturated rings. The zero-order chi connectivity index (χ0) is 58.4. The van der Waals surface area contributed by atoms with E-state index < -0.39 is 87.0 Å². The molecular weight excluding hydrogens is 1140 g/mol. The van der Waals surface area contributed by atoms with Gasteiger partial charge >= 0.3 is 30.0 Å². The number of urea groups is 2. The molecule has 0 spiro atoms. The van der Waals surface area contributed by atoms with Crippen LogP contribution in [-0.2, 0) is 41.7 Å². The summed E-state index contributed by atoms with van der Waals surface area (Å²) in [6.07, 6.45) is 0.0531. The van der Waals surface area contributed by atoms with Gasteiger partial charge in [-0.15, -0.1) is 11.5 Å². The Morgan fingerprint density at radius 3 is 1.94 bits per heavy atom. The van der Waals surface area contributed by atoms with Crippen molar-refractivity contribution >= 4 is 77.0 Å². The number of nitrogens with zero attached hydrogens (tertiary/aromatic N) is 8. The van der Waals surface area contributed by atoms with Crippen LogP contribution in [0.3, 0.4) is 0 Å². The molecule has 78 heavy (non-hydrogen) atoms. The molecule has 6 rings (SSSR count). The second-order valence-corrected chi connectivity index (χ2v) is 22.4. The highest BCUT2D eigenvalue weighted by molar-refractivity contribution is 7.93. The van der Waals surface area contributed by atoms with Gasteiger partial charge in [0.1, 0.15) is 23.1 Å². The first-order chi connectivity index (χ1) is 36.4. The minimum Gasteiger partial charge on any atom is -0.481 e. The Labute approximate surface area is 453 Å². The maximum Gasteiger partial charge on any atom is 0.442 e. The Morgan fingerprint density at radius 1 is 0.795 bits per heavy atom. The van der Waals surface area contributed by atoms with Crippen LogP contribution in [0, 0.1) is 19.3 Å². The number of rotatable bonds is 16. The second kappa shape index (κ2) is 26.5. The van der Waals surface area contributed by atoms with Crippen molar-refractivity contribution in [2.45, 2.75) is 73.9 Å². The predicted octanol–water partition coefficient (Wildman–Crippen LogP) is 5.83. The molecule has 0 aliphatic carbocycles. The molecule has 0 aliphatic rings. The van der Waals surface area contributed by atoms with E-state index in [1.165, 1.54) is 77.6 Å². The van der Waals surface area contributed by atoms with E-state index in [4.69, 9.17) is 53.0 Å². The van der Waals surface area contributed by atoms with Gasteiger partial charge in [-0.2, -0.15) is 51.2 Å². The number of anilines is 2. The number of carbonyl (C=O) groups is 2. The molecule has 0 atom stereocenters. The SMILES string of the molecule is C#CCOc1cc(-n2nc(C(C)(C)C)oc2=O)c(Cl)cc1Cl.CCS(=O)(=O)c1cccnc1S(=O)(=O)NC(=O)Nc1nc(OC)cc(OC)n1.COc1nc(C)nc(NC(=O)NS(=O)(=O)c2ccccc2CCC(F)(F)F)n1. The zero-order valence-electron chi connectivity index (χ0n) is 42.1. The van der Waals surface area contributed by atoms with Crippen LogP contribution in [-0.4, -0.2) is 117 Å². The summed E-state index contributed by atoms with van der Waals surface area (Å²) in [5.41, 5.74) is -0.174. The quantitative estimate of drug-likeness (QED) is 0.0828. The molecule has 0 saturated heterocycles. The van der Waals surface area contributed by atoms with Gasteiger partial charge in [0.15, 0.2) is 14.9 Å². The minimum atomic E-state index is -4.61. The maximum atomic E-state index is 12.5. The summed E-state index contributed by atoms with van der Waals surface area (Å²) in [6.45, 7) is 8.55. The van der Waals surface area contributed by atoms with E-state index in [9.17, 15) is 52.8 Å². The number of amides is 4. The molecule has 4 N–H and O–H groups in total. The topological polar surface area (TPSA) is 347 Å². The van der Waals surface area contributed by atoms with Crippen LogP contribution in [0.2, 0.25) is 10.0 Å². The lowest BCUT2D eigenvalue weighted by molar-refractivity contribution is -0.134. The van der Waals surface area contributed by atoms with Crippen molar-refractivity contribution in [2.24, 2.45) is 0 Å². The van der Waals surface area contributed by atoms with Gasteiger partial charge in [-0.1, -0.05) is 75.0 Å². The van der Waals surface area contributed by atoms with E-state index in [1.807, 2.05) is 20.8 Å². The molecule has 4 amide bonds. The summed E-state index contributed by atoms with van der Waals surface area (Å²) in [4.78, 5) is 57.8. The van der Waals surface area contributed by atoms with Crippen molar-refractivity contribution in [3.05, 3.63) is 98.7 Å². The minimum absolute atomic E-state index is 0.0434. The summed E-state index contributed by atoms with van der Waals surface area (Å²) < 4.78 is 141. The van der Waals surface area contributed by atoms with Crippen molar-refractivity contribution in [1.82, 2.24) is 49.1 Å². The third-order valence-corrected chi connectivity index (χ3v) is 14.5. The Bertz CT molecular complexity index is 3580. The molecule has 0 saturated carbocycles. The summed E-state index contributed by atoms with van der Waals surface area (Å²) in [5, 5.41) is 8.12. The number of hydrogen-bond donors (Lipinski definition) is 4. The highest BCUT2D eigenvalue weighted by Crippen LogP contribution is 2.33. The molecule has 2 aromatic carbocycles. The fraction of sp³-hybridized carbons (Fsp3) is 0.318. The van der Waals surface area contributed by atoms with E-state index in [1.54, 1.807) is 9.44 Å². The number of ether oxygens (including phenoxy) is 4. The van der Waals surface area contributed by atoms with Gasteiger partial charge in [-0.05, 0) is 43.2 Å². The van der Waals surface area contributed by atoms with E-state index in [0.29, 0.717) is 17.3 Å². The standard InChI is InChI=1S/C15H14Cl2N2O3.C15H16F3N5O4S.C14H17N5O7S2/c1-5-6-21-12-8-11(9(16)7-10(12)17)19-14(20)22-13(18-19)15(2,3)4;1-9-19-12(22-14(20-9)27-2)21-13(24)23-28(25,26)11-6-4-3-5-10(11)7-8-15(16,17)18;1-4-27(21,22)9-6-5-7-15-12(9)28(23,24)19-14(20)18-13-16-10(25-2)8-11(17-13)26-3/h1,7-8H,6H2,2-4H3;3-6H,7-8H2,1-2H3,(H2,19,20,21,22,23,24);5-8H,4H2,1-3H3,(H2,16,17,18,19,20). The van der Waals surface area contributed by atoms with Crippen LogP contribution in [0.5, 0.6) is 23.5 Å². The smallest absolute Gasteiger partial charge is 0.442 e. The number of sulfone groups is 1. The fourth-order valence-electron chi connectivity index (χ4n) is 5.74. The maximum absolute atomic E-state index is 12.5. The Balaban J connectivity index is 0.000000254. The van der Waals surface area contributed by atoms with Crippen molar-refractivity contribution < 1.29 is 71.4 Å². The number of terminal acetylenes is 1. The number of nitrogens with one attached hydrogen (secondary N) is 4. The lowest BCUT2D eigenvalue weighted by Crippen LogP contribution is -2.36. The number of carbonyl (C=O) groups excluding carboxylic acids is 2. The van der Waals surface area contributed by atoms with E-state index in [2.05, 4.69) is 51.6 Å². The molecule has 4 aromatic heterocycles. The molecule has 420 valence electrons. The van der Waals surface area contributed by atoms with Gasteiger partial charge in [0, 0.05) is 24.1 Å². The Morgan fingerprint density at radius 2 is 1.38 bits per heavy atom. The average Bonchev–Trinajstić information content (AvgIpc) is 3.79. The Kier molecular flexibility index (Phi) is 21.3. The first-order valence-corrected chi connectivity index (χ1v) is 27.1. The van der Waals surface area contributed by atoms with Crippen molar-refractivity contribution in [2.75, 3.05) is 44.3 Å². The molecule has 4 heterocycles. The molecule has 26 nitrogen and oxygen atoms in total. The highest BCUT2D eigenvalue weighted by Gasteiger charge is 2.31. The van der Waals surface area contributed by atoms with E-state index in [0.717, 1.165) is 23.0 Å². The molecule has 0 aliphatic heterocycles. The number of benzene rings is 2. The molecule has 0 bridgehead atoms. The first-order valence-electron chi connectivity index (χ1n) is 21.8. The van der Waals surface area contributed by atoms with Gasteiger partial charge in [0.25, 0.3) is 20.0 Å². The molecule has 34 heteroatoms. The molecule has 0 unspecified atom stereocenters. The van der Waals surface area contributed by atoms with Gasteiger partial charge in [-0.3, -0.25) is 10.6 Å². The number of alkyl halides is 3. The third-order valence-electron chi connectivity index (χ3n) is 9.29. The fourth-order valence-corrected chi connectivity index (χ4v) is 9.98.